The normalized spacial score (nSPS) is 22.9. The van der Waals surface area contributed by atoms with E-state index in [0.717, 1.165) is 12.5 Å². The van der Waals surface area contributed by atoms with Crippen molar-refractivity contribution in [2.75, 3.05) is 7.05 Å². The van der Waals surface area contributed by atoms with E-state index in [0.29, 0.717) is 11.6 Å². The van der Waals surface area contributed by atoms with Gasteiger partial charge >= 0.3 is 5.97 Å². The van der Waals surface area contributed by atoms with Gasteiger partial charge in [0, 0.05) is 12.6 Å². The van der Waals surface area contributed by atoms with Crippen LogP contribution in [0.2, 0.25) is 0 Å². The van der Waals surface area contributed by atoms with E-state index in [1.165, 1.54) is 31.2 Å². The van der Waals surface area contributed by atoms with Gasteiger partial charge in [0.2, 0.25) is 0 Å². The molecule has 0 heterocycles. The molecule has 1 aromatic rings. The van der Waals surface area contributed by atoms with Crippen molar-refractivity contribution in [1.29, 1.82) is 0 Å². The molecule has 1 aliphatic rings. The molecule has 0 bridgehead atoms. The smallest absolute Gasteiger partial charge is 0.335 e. The maximum absolute atomic E-state index is 10.8. The molecule has 0 radical (unpaired) electrons. The molecule has 0 spiro atoms. The molecule has 0 saturated heterocycles. The van der Waals surface area contributed by atoms with Gasteiger partial charge in [-0.25, -0.2) is 4.79 Å². The van der Waals surface area contributed by atoms with Crippen LogP contribution in [0.25, 0.3) is 0 Å². The Bertz CT molecular complexity index is 427. The first-order chi connectivity index (χ1) is 9.10. The minimum atomic E-state index is -0.860. The summed E-state index contributed by atoms with van der Waals surface area (Å²) < 4.78 is 0. The van der Waals surface area contributed by atoms with E-state index in [1.54, 1.807) is 12.1 Å². The van der Waals surface area contributed by atoms with Crippen molar-refractivity contribution in [3.63, 3.8) is 0 Å². The first-order valence-corrected chi connectivity index (χ1v) is 7.12. The molecule has 1 aliphatic carbocycles. The lowest BCUT2D eigenvalue weighted by atomic mass is 10.0. The summed E-state index contributed by atoms with van der Waals surface area (Å²) in [4.78, 5) is 13.2. The highest BCUT2D eigenvalue weighted by Gasteiger charge is 2.26. The van der Waals surface area contributed by atoms with Gasteiger partial charge < -0.3 is 5.11 Å². The molecule has 0 amide bonds. The van der Waals surface area contributed by atoms with Crippen LogP contribution >= 0.6 is 0 Å². The van der Waals surface area contributed by atoms with Crippen LogP contribution in [0.4, 0.5) is 0 Å². The van der Waals surface area contributed by atoms with Gasteiger partial charge in [-0.1, -0.05) is 25.5 Å². The largest absolute Gasteiger partial charge is 0.478 e. The highest BCUT2D eigenvalue weighted by Crippen LogP contribution is 2.31. The van der Waals surface area contributed by atoms with E-state index >= 15 is 0 Å². The summed E-state index contributed by atoms with van der Waals surface area (Å²) in [7, 11) is 2.17. The van der Waals surface area contributed by atoms with Crippen LogP contribution in [-0.2, 0) is 6.54 Å². The molecule has 3 heteroatoms. The Labute approximate surface area is 115 Å². The molecule has 2 unspecified atom stereocenters. The number of rotatable bonds is 5. The third kappa shape index (κ3) is 3.57. The number of carboxylic acids is 1. The van der Waals surface area contributed by atoms with Crippen LogP contribution < -0.4 is 0 Å². The van der Waals surface area contributed by atoms with Crippen molar-refractivity contribution < 1.29 is 9.90 Å². The van der Waals surface area contributed by atoms with Gasteiger partial charge in [-0.05, 0) is 49.9 Å². The average molecular weight is 261 g/mol. The van der Waals surface area contributed by atoms with Gasteiger partial charge in [0.1, 0.15) is 0 Å². The van der Waals surface area contributed by atoms with E-state index in [4.69, 9.17) is 5.11 Å². The number of hydrogen-bond acceptors (Lipinski definition) is 2. The predicted octanol–water partition coefficient (Wildman–Crippen LogP) is 3.40. The zero-order valence-electron chi connectivity index (χ0n) is 11.8. The lowest BCUT2D eigenvalue weighted by Crippen LogP contribution is -2.29. The van der Waals surface area contributed by atoms with Crippen LogP contribution in [-0.4, -0.2) is 29.1 Å². The van der Waals surface area contributed by atoms with Crippen LogP contribution in [0.1, 0.15) is 48.5 Å². The number of carboxylic acid groups (broad SMARTS) is 1. The molecular weight excluding hydrogens is 238 g/mol. The third-order valence-corrected chi connectivity index (χ3v) is 4.35. The molecule has 1 aromatic carbocycles. The second-order valence-electron chi connectivity index (χ2n) is 5.66. The van der Waals surface area contributed by atoms with Gasteiger partial charge in [-0.2, -0.15) is 0 Å². The predicted molar refractivity (Wildman–Crippen MR) is 76.3 cm³/mol. The molecule has 104 valence electrons. The number of carbonyl (C=O) groups is 1. The fourth-order valence-corrected chi connectivity index (χ4v) is 2.99. The fraction of sp³-hybridized carbons (Fsp3) is 0.562. The van der Waals surface area contributed by atoms with Crippen molar-refractivity contribution in [1.82, 2.24) is 4.90 Å². The van der Waals surface area contributed by atoms with E-state index in [9.17, 15) is 4.79 Å². The monoisotopic (exact) mass is 261 g/mol. The van der Waals surface area contributed by atoms with Gasteiger partial charge in [-0.15, -0.1) is 0 Å². The molecule has 0 aliphatic heterocycles. The van der Waals surface area contributed by atoms with E-state index in [1.807, 2.05) is 12.1 Å². The lowest BCUT2D eigenvalue weighted by molar-refractivity contribution is 0.0697. The SMILES string of the molecule is CCC1CCC(N(C)Cc2ccc(C(=O)O)cc2)C1. The molecule has 0 aromatic heterocycles. The molecular formula is C16H23NO2. The van der Waals surface area contributed by atoms with E-state index in [2.05, 4.69) is 18.9 Å². The Morgan fingerprint density at radius 1 is 1.32 bits per heavy atom. The molecule has 19 heavy (non-hydrogen) atoms. The van der Waals surface area contributed by atoms with Gasteiger partial charge in [0.05, 0.1) is 5.56 Å². The van der Waals surface area contributed by atoms with Gasteiger partial charge in [0.15, 0.2) is 0 Å². The summed E-state index contributed by atoms with van der Waals surface area (Å²) in [5.74, 6) is 0.0309. The Hall–Kier alpha value is -1.35. The number of hydrogen-bond donors (Lipinski definition) is 1. The zero-order valence-corrected chi connectivity index (χ0v) is 11.8. The van der Waals surface area contributed by atoms with Gasteiger partial charge in [-0.3, -0.25) is 4.90 Å². The van der Waals surface area contributed by atoms with Gasteiger partial charge in [0.25, 0.3) is 0 Å². The topological polar surface area (TPSA) is 40.5 Å². The van der Waals surface area contributed by atoms with Crippen molar-refractivity contribution in [3.05, 3.63) is 35.4 Å². The minimum Gasteiger partial charge on any atom is -0.478 e. The molecule has 1 fully saturated rings. The molecule has 2 rings (SSSR count). The highest BCUT2D eigenvalue weighted by molar-refractivity contribution is 5.87. The Morgan fingerprint density at radius 2 is 2.00 bits per heavy atom. The molecule has 3 nitrogen and oxygen atoms in total. The quantitative estimate of drug-likeness (QED) is 0.883. The average Bonchev–Trinajstić information content (AvgIpc) is 2.88. The third-order valence-electron chi connectivity index (χ3n) is 4.35. The molecule has 1 saturated carbocycles. The van der Waals surface area contributed by atoms with Crippen molar-refractivity contribution in [2.24, 2.45) is 5.92 Å². The summed E-state index contributed by atoms with van der Waals surface area (Å²) >= 11 is 0. The molecule has 2 atom stereocenters. The Morgan fingerprint density at radius 3 is 2.53 bits per heavy atom. The van der Waals surface area contributed by atoms with Crippen LogP contribution in [0.15, 0.2) is 24.3 Å². The van der Waals surface area contributed by atoms with E-state index in [-0.39, 0.29) is 0 Å². The number of benzene rings is 1. The second kappa shape index (κ2) is 6.20. The minimum absolute atomic E-state index is 0.360. The summed E-state index contributed by atoms with van der Waals surface area (Å²) in [6.45, 7) is 3.18. The Balaban J connectivity index is 1.91. The standard InChI is InChI=1S/C16H23NO2/c1-3-12-6-9-15(10-12)17(2)11-13-4-7-14(8-5-13)16(18)19/h4-5,7-8,12,15H,3,6,9-11H2,1-2H3,(H,18,19). The first kappa shape index (κ1) is 14.1. The Kier molecular flexibility index (Phi) is 4.59. The summed E-state index contributed by atoms with van der Waals surface area (Å²) in [6.07, 6.45) is 5.24. The van der Waals surface area contributed by atoms with Crippen molar-refractivity contribution >= 4 is 5.97 Å². The van der Waals surface area contributed by atoms with Crippen LogP contribution in [0, 0.1) is 5.92 Å². The number of aromatic carboxylic acids is 1. The summed E-state index contributed by atoms with van der Waals surface area (Å²) in [5, 5.41) is 8.88. The van der Waals surface area contributed by atoms with E-state index < -0.39 is 5.97 Å². The second-order valence-corrected chi connectivity index (χ2v) is 5.66. The number of nitrogens with zero attached hydrogens (tertiary/aromatic N) is 1. The zero-order chi connectivity index (χ0) is 13.8. The lowest BCUT2D eigenvalue weighted by Gasteiger charge is -2.24. The van der Waals surface area contributed by atoms with Crippen molar-refractivity contribution in [2.45, 2.75) is 45.2 Å². The summed E-state index contributed by atoms with van der Waals surface area (Å²) in [5.41, 5.74) is 1.55. The summed E-state index contributed by atoms with van der Waals surface area (Å²) in [6, 6.07) is 7.91. The fourth-order valence-electron chi connectivity index (χ4n) is 2.99. The van der Waals surface area contributed by atoms with Crippen LogP contribution in [0.5, 0.6) is 0 Å². The maximum atomic E-state index is 10.8. The maximum Gasteiger partial charge on any atom is 0.335 e. The molecule has 1 N–H and O–H groups in total. The first-order valence-electron chi connectivity index (χ1n) is 7.12. The van der Waals surface area contributed by atoms with Crippen molar-refractivity contribution in [3.8, 4) is 0 Å². The van der Waals surface area contributed by atoms with Crippen LogP contribution in [0.3, 0.4) is 0 Å². The highest BCUT2D eigenvalue weighted by atomic mass is 16.4.